The molecule has 0 bridgehead atoms. The summed E-state index contributed by atoms with van der Waals surface area (Å²) in [5.74, 6) is -1.99. The molecule has 5 amide bonds. The van der Waals surface area contributed by atoms with E-state index in [1.54, 1.807) is 32.9 Å². The number of rotatable bonds is 6. The van der Waals surface area contributed by atoms with Crippen LogP contribution in [0.3, 0.4) is 0 Å². The normalized spacial score (nSPS) is 26.2. The number of hydrogen-bond donors (Lipinski definition) is 3. The maximum atomic E-state index is 14.5. The maximum Gasteiger partial charge on any atom is 0.410 e. The van der Waals surface area contributed by atoms with Gasteiger partial charge >= 0.3 is 12.2 Å². The van der Waals surface area contributed by atoms with Crippen LogP contribution >= 0.6 is 0 Å². The molecule has 4 aliphatic rings. The van der Waals surface area contributed by atoms with Crippen LogP contribution in [0.2, 0.25) is 0 Å². The first-order chi connectivity index (χ1) is 25.7. The van der Waals surface area contributed by atoms with Crippen LogP contribution in [-0.4, -0.2) is 82.1 Å². The molecular formula is C41H52FN5O7. The van der Waals surface area contributed by atoms with Crippen molar-refractivity contribution >= 4 is 29.9 Å². The summed E-state index contributed by atoms with van der Waals surface area (Å²) in [7, 11) is 0. The third-order valence-electron chi connectivity index (χ3n) is 10.6. The lowest BCUT2D eigenvalue weighted by molar-refractivity contribution is -0.141. The fourth-order valence-electron chi connectivity index (χ4n) is 7.58. The van der Waals surface area contributed by atoms with Gasteiger partial charge in [-0.05, 0) is 77.0 Å². The highest BCUT2D eigenvalue weighted by atomic mass is 19.1. The Bertz CT molecular complexity index is 1780. The number of amides is 5. The van der Waals surface area contributed by atoms with Crippen molar-refractivity contribution < 1.29 is 37.8 Å². The standard InChI is InChI=1S/C41H52FN5O7/c1-26-15-17-27(18-16-26)19-20-43-37(50)41-22-29(41)12-8-6-5-7-9-14-33(44-38(51)54-40(2,3)4)36(49)47-24-30(21-34(47)35(48)45-41)53-39(52)46-23-28-11-10-13-32(42)31(28)25-46/h8,10-13,15-18,29-30,33-34H,5-7,9,14,19-25H2,1-4H3,(H,43,50)(H,44,51)(H,45,48)/b12-8-/t29?,30-,33?,34+,41?/m1/s1. The van der Waals surface area contributed by atoms with Crippen molar-refractivity contribution in [2.75, 3.05) is 13.1 Å². The Hall–Kier alpha value is -4.94. The number of ether oxygens (including phenoxy) is 2. The van der Waals surface area contributed by atoms with Gasteiger partial charge in [-0.15, -0.1) is 0 Å². The summed E-state index contributed by atoms with van der Waals surface area (Å²) in [6, 6.07) is 10.7. The first-order valence-corrected chi connectivity index (χ1v) is 19.1. The zero-order valence-electron chi connectivity index (χ0n) is 31.6. The Labute approximate surface area is 316 Å². The SMILES string of the molecule is Cc1ccc(CCNC(=O)C23CC2/C=C\CCCCCC(NC(=O)OC(C)(C)C)C(=O)N2C[C@H](OC(=O)N4Cc5cccc(F)c5C4)C[C@H]2C(=O)N3)cc1. The van der Waals surface area contributed by atoms with Crippen molar-refractivity contribution in [2.45, 2.75) is 121 Å². The fraction of sp³-hybridized carbons (Fsp3) is 0.537. The second-order valence-electron chi connectivity index (χ2n) is 16.0. The lowest BCUT2D eigenvalue weighted by Crippen LogP contribution is -2.58. The Morgan fingerprint density at radius 3 is 2.56 bits per heavy atom. The summed E-state index contributed by atoms with van der Waals surface area (Å²) >= 11 is 0. The number of allylic oxidation sites excluding steroid dienone is 1. The number of hydrogen-bond acceptors (Lipinski definition) is 7. The van der Waals surface area contributed by atoms with E-state index in [1.165, 1.54) is 15.9 Å². The van der Waals surface area contributed by atoms with Gasteiger partial charge in [-0.3, -0.25) is 19.3 Å². The first-order valence-electron chi connectivity index (χ1n) is 19.1. The van der Waals surface area contributed by atoms with E-state index in [9.17, 15) is 28.4 Å². The van der Waals surface area contributed by atoms with Crippen molar-refractivity contribution in [1.82, 2.24) is 25.8 Å². The van der Waals surface area contributed by atoms with Crippen molar-refractivity contribution in [3.05, 3.63) is 82.7 Å². The molecule has 0 radical (unpaired) electrons. The molecule has 1 saturated heterocycles. The highest BCUT2D eigenvalue weighted by molar-refractivity contribution is 5.98. The maximum absolute atomic E-state index is 14.5. The van der Waals surface area contributed by atoms with Gasteiger partial charge in [-0.2, -0.15) is 0 Å². The van der Waals surface area contributed by atoms with Gasteiger partial charge < -0.3 is 30.3 Å². The van der Waals surface area contributed by atoms with E-state index in [4.69, 9.17) is 9.47 Å². The summed E-state index contributed by atoms with van der Waals surface area (Å²) in [5.41, 5.74) is 1.33. The van der Waals surface area contributed by atoms with Gasteiger partial charge in [0.15, 0.2) is 0 Å². The van der Waals surface area contributed by atoms with Crippen molar-refractivity contribution in [1.29, 1.82) is 0 Å². The van der Waals surface area contributed by atoms with Crippen LogP contribution in [0, 0.1) is 18.7 Å². The number of aryl methyl sites for hydroxylation is 1. The molecule has 2 aromatic carbocycles. The quantitative estimate of drug-likeness (QED) is 0.345. The number of carbonyl (C=O) groups excluding carboxylic acids is 5. The van der Waals surface area contributed by atoms with E-state index in [1.807, 2.05) is 43.3 Å². The summed E-state index contributed by atoms with van der Waals surface area (Å²) in [5, 5.41) is 8.77. The number of nitrogens with zero attached hydrogens (tertiary/aromatic N) is 2. The minimum Gasteiger partial charge on any atom is -0.444 e. The monoisotopic (exact) mass is 745 g/mol. The third-order valence-corrected chi connectivity index (χ3v) is 10.6. The molecule has 12 nitrogen and oxygen atoms in total. The van der Waals surface area contributed by atoms with Gasteiger partial charge in [-0.25, -0.2) is 14.0 Å². The second kappa shape index (κ2) is 16.2. The van der Waals surface area contributed by atoms with E-state index in [2.05, 4.69) is 16.0 Å². The molecule has 1 saturated carbocycles. The smallest absolute Gasteiger partial charge is 0.410 e. The molecule has 290 valence electrons. The summed E-state index contributed by atoms with van der Waals surface area (Å²) in [6.45, 7) is 7.68. The molecule has 13 heteroatoms. The molecule has 1 aliphatic carbocycles. The second-order valence-corrected chi connectivity index (χ2v) is 16.0. The Kier molecular flexibility index (Phi) is 11.6. The molecule has 3 aliphatic heterocycles. The Morgan fingerprint density at radius 1 is 1.04 bits per heavy atom. The van der Waals surface area contributed by atoms with E-state index in [0.29, 0.717) is 43.4 Å². The highest BCUT2D eigenvalue weighted by Crippen LogP contribution is 2.45. The number of nitrogens with one attached hydrogen (secondary N) is 3. The molecule has 2 aromatic rings. The first kappa shape index (κ1) is 38.8. The zero-order chi connectivity index (χ0) is 38.6. The summed E-state index contributed by atoms with van der Waals surface area (Å²) in [4.78, 5) is 71.6. The van der Waals surface area contributed by atoms with Crippen molar-refractivity contribution in [3.63, 3.8) is 0 Å². The highest BCUT2D eigenvalue weighted by Gasteiger charge is 2.61. The predicted molar refractivity (Wildman–Crippen MR) is 198 cm³/mol. The molecule has 5 atom stereocenters. The van der Waals surface area contributed by atoms with Crippen LogP contribution in [0.25, 0.3) is 0 Å². The molecule has 0 aromatic heterocycles. The van der Waals surface area contributed by atoms with E-state index < -0.39 is 59.1 Å². The lowest BCUT2D eigenvalue weighted by atomic mass is 10.0. The van der Waals surface area contributed by atoms with Crippen LogP contribution in [0.15, 0.2) is 54.6 Å². The molecule has 3 N–H and O–H groups in total. The van der Waals surface area contributed by atoms with Crippen LogP contribution in [-0.2, 0) is 43.4 Å². The summed E-state index contributed by atoms with van der Waals surface area (Å²) < 4.78 is 25.8. The van der Waals surface area contributed by atoms with E-state index in [-0.39, 0.29) is 37.9 Å². The van der Waals surface area contributed by atoms with Crippen LogP contribution in [0.5, 0.6) is 0 Å². The van der Waals surface area contributed by atoms with Gasteiger partial charge in [0.2, 0.25) is 17.7 Å². The zero-order valence-corrected chi connectivity index (χ0v) is 31.6. The topological polar surface area (TPSA) is 146 Å². The van der Waals surface area contributed by atoms with Crippen LogP contribution in [0.4, 0.5) is 14.0 Å². The van der Waals surface area contributed by atoms with E-state index >= 15 is 0 Å². The molecule has 3 unspecified atom stereocenters. The number of benzene rings is 2. The summed E-state index contributed by atoms with van der Waals surface area (Å²) in [6.07, 6.45) is 6.05. The van der Waals surface area contributed by atoms with Gasteiger partial charge in [0.1, 0.15) is 35.1 Å². The number of halogens is 1. The van der Waals surface area contributed by atoms with Crippen molar-refractivity contribution in [2.24, 2.45) is 5.92 Å². The fourth-order valence-corrected chi connectivity index (χ4v) is 7.58. The van der Waals surface area contributed by atoms with Gasteiger partial charge in [-0.1, -0.05) is 67.0 Å². The van der Waals surface area contributed by atoms with Crippen LogP contribution < -0.4 is 16.0 Å². The van der Waals surface area contributed by atoms with Gasteiger partial charge in [0.25, 0.3) is 0 Å². The van der Waals surface area contributed by atoms with Crippen LogP contribution in [0.1, 0.15) is 88.0 Å². The van der Waals surface area contributed by atoms with Crippen molar-refractivity contribution in [3.8, 4) is 0 Å². The molecule has 3 heterocycles. The molecule has 2 fully saturated rings. The average Bonchev–Trinajstić information content (AvgIpc) is 3.41. The molecule has 0 spiro atoms. The van der Waals surface area contributed by atoms with E-state index in [0.717, 1.165) is 30.4 Å². The number of carbonyl (C=O) groups is 5. The minimum absolute atomic E-state index is 0.0246. The number of fused-ring (bicyclic) bond motifs is 3. The predicted octanol–water partition coefficient (Wildman–Crippen LogP) is 5.20. The minimum atomic E-state index is -1.20. The number of alkyl carbamates (subject to hydrolysis) is 1. The average molecular weight is 746 g/mol. The lowest BCUT2D eigenvalue weighted by Gasteiger charge is -2.30. The Morgan fingerprint density at radius 2 is 1.81 bits per heavy atom. The Balaban J connectivity index is 1.21. The third kappa shape index (κ3) is 9.22. The van der Waals surface area contributed by atoms with Gasteiger partial charge in [0.05, 0.1) is 13.1 Å². The van der Waals surface area contributed by atoms with Gasteiger partial charge in [0, 0.05) is 31.0 Å². The molecular weight excluding hydrogens is 693 g/mol. The largest absolute Gasteiger partial charge is 0.444 e. The molecule has 54 heavy (non-hydrogen) atoms. The molecule has 6 rings (SSSR count).